The second-order valence-corrected chi connectivity index (χ2v) is 7.49. The number of ether oxygens (including phenoxy) is 2. The van der Waals surface area contributed by atoms with Crippen LogP contribution in [-0.2, 0) is 16.1 Å². The van der Waals surface area contributed by atoms with Gasteiger partial charge in [-0.2, -0.15) is 0 Å². The van der Waals surface area contributed by atoms with Crippen molar-refractivity contribution in [2.45, 2.75) is 40.2 Å². The maximum Gasteiger partial charge on any atom is 0.342 e. The van der Waals surface area contributed by atoms with E-state index in [1.807, 2.05) is 31.2 Å². The molecule has 0 unspecified atom stereocenters. The van der Waals surface area contributed by atoms with E-state index in [1.54, 1.807) is 31.2 Å². The summed E-state index contributed by atoms with van der Waals surface area (Å²) in [6.45, 7) is 7.63. The van der Waals surface area contributed by atoms with Gasteiger partial charge in [0.2, 0.25) is 0 Å². The molecule has 3 aromatic rings. The number of esters is 1. The third kappa shape index (κ3) is 5.72. The molecule has 7 nitrogen and oxygen atoms in total. The Kier molecular flexibility index (Phi) is 7.07. The number of nitrogens with zero attached hydrogens (tertiary/aromatic N) is 1. The number of carbonyl (C=O) groups is 2. The van der Waals surface area contributed by atoms with Crippen molar-refractivity contribution >= 4 is 17.6 Å². The van der Waals surface area contributed by atoms with Crippen LogP contribution in [0.4, 0.5) is 5.69 Å². The van der Waals surface area contributed by atoms with Gasteiger partial charge in [-0.25, -0.2) is 4.79 Å². The molecule has 31 heavy (non-hydrogen) atoms. The molecule has 0 saturated carbocycles. The fourth-order valence-electron chi connectivity index (χ4n) is 2.98. The zero-order valence-corrected chi connectivity index (χ0v) is 18.1. The quantitative estimate of drug-likeness (QED) is 0.525. The summed E-state index contributed by atoms with van der Waals surface area (Å²) in [5.41, 5.74) is 3.62. The molecular weight excluding hydrogens is 396 g/mol. The summed E-state index contributed by atoms with van der Waals surface area (Å²) in [5, 5.41) is 6.61. The van der Waals surface area contributed by atoms with E-state index in [-0.39, 0.29) is 12.2 Å². The van der Waals surface area contributed by atoms with Crippen LogP contribution < -0.4 is 10.1 Å². The summed E-state index contributed by atoms with van der Waals surface area (Å²) in [6.07, 6.45) is 0. The van der Waals surface area contributed by atoms with Crippen LogP contribution in [0.2, 0.25) is 0 Å². The van der Waals surface area contributed by atoms with Crippen molar-refractivity contribution in [3.05, 3.63) is 76.7 Å². The first kappa shape index (κ1) is 22.1. The Labute approximate surface area is 181 Å². The minimum Gasteiger partial charge on any atom is -0.488 e. The first-order valence-corrected chi connectivity index (χ1v) is 10.1. The van der Waals surface area contributed by atoms with Crippen LogP contribution in [0, 0.1) is 13.8 Å². The summed E-state index contributed by atoms with van der Waals surface area (Å²) in [4.78, 5) is 24.7. The first-order valence-electron chi connectivity index (χ1n) is 10.1. The zero-order valence-electron chi connectivity index (χ0n) is 18.1. The van der Waals surface area contributed by atoms with Gasteiger partial charge in [0.05, 0.1) is 11.3 Å². The summed E-state index contributed by atoms with van der Waals surface area (Å²) in [6, 6.07) is 14.3. The molecule has 1 heterocycles. The third-order valence-electron chi connectivity index (χ3n) is 4.86. The number of aromatic nitrogens is 1. The van der Waals surface area contributed by atoms with Gasteiger partial charge in [-0.15, -0.1) is 0 Å². The number of hydrogen-bond donors (Lipinski definition) is 1. The molecule has 1 aromatic heterocycles. The lowest BCUT2D eigenvalue weighted by molar-refractivity contribution is -0.119. The number of amides is 1. The maximum absolute atomic E-state index is 12.5. The molecule has 2 aromatic carbocycles. The van der Waals surface area contributed by atoms with Gasteiger partial charge in [-0.05, 0) is 49.6 Å². The van der Waals surface area contributed by atoms with Crippen molar-refractivity contribution < 1.29 is 23.6 Å². The third-order valence-corrected chi connectivity index (χ3v) is 4.86. The summed E-state index contributed by atoms with van der Waals surface area (Å²) in [7, 11) is 0. The van der Waals surface area contributed by atoms with Gasteiger partial charge in [0.25, 0.3) is 5.91 Å². The Morgan fingerprint density at radius 3 is 2.42 bits per heavy atom. The lowest BCUT2D eigenvalue weighted by Gasteiger charge is -2.12. The Bertz CT molecular complexity index is 1030. The number of hydrogen-bond acceptors (Lipinski definition) is 6. The first-order chi connectivity index (χ1) is 14.8. The van der Waals surface area contributed by atoms with E-state index >= 15 is 0 Å². The highest BCUT2D eigenvalue weighted by atomic mass is 16.5. The van der Waals surface area contributed by atoms with Crippen molar-refractivity contribution in [3.63, 3.8) is 0 Å². The van der Waals surface area contributed by atoms with Gasteiger partial charge < -0.3 is 19.3 Å². The fraction of sp³-hybridized carbons (Fsp3) is 0.292. The molecule has 0 aliphatic heterocycles. The van der Waals surface area contributed by atoms with Gasteiger partial charge in [-0.3, -0.25) is 4.79 Å². The largest absolute Gasteiger partial charge is 0.488 e. The average Bonchev–Trinajstić information content (AvgIpc) is 3.08. The van der Waals surface area contributed by atoms with Gasteiger partial charge in [0.15, 0.2) is 6.61 Å². The lowest BCUT2D eigenvalue weighted by Crippen LogP contribution is -2.21. The van der Waals surface area contributed by atoms with Crippen LogP contribution in [0.1, 0.15) is 52.7 Å². The van der Waals surface area contributed by atoms with Crippen molar-refractivity contribution in [1.82, 2.24) is 5.16 Å². The van der Waals surface area contributed by atoms with Crippen LogP contribution >= 0.6 is 0 Å². The molecular formula is C24H26N2O5. The molecule has 1 amide bonds. The van der Waals surface area contributed by atoms with E-state index in [2.05, 4.69) is 24.3 Å². The highest BCUT2D eigenvalue weighted by Crippen LogP contribution is 2.22. The molecule has 0 saturated heterocycles. The van der Waals surface area contributed by atoms with E-state index in [9.17, 15) is 9.59 Å². The second-order valence-electron chi connectivity index (χ2n) is 7.49. The number of nitrogens with one attached hydrogen (secondary N) is 1. The van der Waals surface area contributed by atoms with Gasteiger partial charge in [-0.1, -0.05) is 43.3 Å². The Hall–Kier alpha value is -3.61. The molecule has 162 valence electrons. The van der Waals surface area contributed by atoms with E-state index in [4.69, 9.17) is 14.0 Å². The van der Waals surface area contributed by atoms with Crippen molar-refractivity contribution in [3.8, 4) is 5.75 Å². The molecule has 0 radical (unpaired) electrons. The molecule has 0 bridgehead atoms. The SMILES string of the molecule is Cc1noc(C)c1COc1ccccc1C(=O)OCC(=O)Nc1ccc(C(C)C)cc1. The number of rotatable bonds is 8. The van der Waals surface area contributed by atoms with Crippen LogP contribution in [0.5, 0.6) is 5.75 Å². The summed E-state index contributed by atoms with van der Waals surface area (Å²) < 4.78 is 16.1. The standard InChI is InChI=1S/C24H26N2O5/c1-15(2)18-9-11-19(12-10-18)25-23(27)14-30-24(28)20-7-5-6-8-22(20)29-13-21-16(3)26-31-17(21)4/h5-12,15H,13-14H2,1-4H3,(H,25,27). The van der Waals surface area contributed by atoms with Crippen LogP contribution in [0.15, 0.2) is 53.1 Å². The van der Waals surface area contributed by atoms with Gasteiger partial charge in [0, 0.05) is 5.69 Å². The monoisotopic (exact) mass is 422 g/mol. The summed E-state index contributed by atoms with van der Waals surface area (Å²) >= 11 is 0. The number of anilines is 1. The molecule has 7 heteroatoms. The van der Waals surface area contributed by atoms with Crippen LogP contribution in [0.3, 0.4) is 0 Å². The number of benzene rings is 2. The van der Waals surface area contributed by atoms with Gasteiger partial charge in [0.1, 0.15) is 23.7 Å². The zero-order chi connectivity index (χ0) is 22.4. The lowest BCUT2D eigenvalue weighted by atomic mass is 10.0. The molecule has 0 aliphatic rings. The number of para-hydroxylation sites is 1. The summed E-state index contributed by atoms with van der Waals surface area (Å²) in [5.74, 6) is 0.373. The highest BCUT2D eigenvalue weighted by molar-refractivity contribution is 5.96. The minimum atomic E-state index is -0.639. The minimum absolute atomic E-state index is 0.207. The van der Waals surface area contributed by atoms with Crippen molar-refractivity contribution in [2.24, 2.45) is 0 Å². The second kappa shape index (κ2) is 9.93. The normalized spacial score (nSPS) is 10.7. The Morgan fingerprint density at radius 1 is 1.06 bits per heavy atom. The van der Waals surface area contributed by atoms with Gasteiger partial charge >= 0.3 is 5.97 Å². The smallest absolute Gasteiger partial charge is 0.342 e. The van der Waals surface area contributed by atoms with E-state index < -0.39 is 18.5 Å². The van der Waals surface area contributed by atoms with E-state index in [1.165, 1.54) is 5.56 Å². The van der Waals surface area contributed by atoms with E-state index in [0.717, 1.165) is 11.3 Å². The van der Waals surface area contributed by atoms with Crippen LogP contribution in [0.25, 0.3) is 0 Å². The Balaban J connectivity index is 1.57. The molecule has 0 fully saturated rings. The highest BCUT2D eigenvalue weighted by Gasteiger charge is 2.17. The Morgan fingerprint density at radius 2 is 1.77 bits per heavy atom. The molecule has 0 atom stereocenters. The molecule has 0 aliphatic carbocycles. The number of carbonyl (C=O) groups excluding carboxylic acids is 2. The predicted octanol–water partition coefficient (Wildman–Crippen LogP) is 4.79. The fourth-order valence-corrected chi connectivity index (χ4v) is 2.98. The van der Waals surface area contributed by atoms with Crippen molar-refractivity contribution in [1.29, 1.82) is 0 Å². The van der Waals surface area contributed by atoms with Crippen LogP contribution in [-0.4, -0.2) is 23.6 Å². The molecule has 0 spiro atoms. The molecule has 1 N–H and O–H groups in total. The van der Waals surface area contributed by atoms with Crippen molar-refractivity contribution in [2.75, 3.05) is 11.9 Å². The topological polar surface area (TPSA) is 90.7 Å². The average molecular weight is 422 g/mol. The maximum atomic E-state index is 12.5. The van der Waals surface area contributed by atoms with E-state index in [0.29, 0.717) is 23.1 Å². The predicted molar refractivity (Wildman–Crippen MR) is 116 cm³/mol. The molecule has 3 rings (SSSR count). The number of aryl methyl sites for hydroxylation is 2.